The first kappa shape index (κ1) is 17.0. The second-order valence-corrected chi connectivity index (χ2v) is 7.27. The van der Waals surface area contributed by atoms with Gasteiger partial charge in [0, 0.05) is 6.42 Å². The fourth-order valence-corrected chi connectivity index (χ4v) is 3.42. The first-order chi connectivity index (χ1) is 11.0. The van der Waals surface area contributed by atoms with Gasteiger partial charge in [-0.2, -0.15) is 5.26 Å². The van der Waals surface area contributed by atoms with Crippen molar-refractivity contribution in [3.63, 3.8) is 0 Å². The molecule has 23 heavy (non-hydrogen) atoms. The van der Waals surface area contributed by atoms with Crippen LogP contribution in [-0.2, 0) is 15.6 Å². The van der Waals surface area contributed by atoms with Crippen molar-refractivity contribution in [2.75, 3.05) is 5.75 Å². The van der Waals surface area contributed by atoms with Crippen LogP contribution < -0.4 is 4.74 Å². The summed E-state index contributed by atoms with van der Waals surface area (Å²) in [7, 11) is -3.40. The van der Waals surface area contributed by atoms with Gasteiger partial charge in [0.15, 0.2) is 9.84 Å². The zero-order chi connectivity index (χ0) is 16.7. The Morgan fingerprint density at radius 3 is 2.48 bits per heavy atom. The monoisotopic (exact) mass is 331 g/mol. The minimum Gasteiger partial charge on any atom is -0.457 e. The molecule has 0 radical (unpaired) electrons. The quantitative estimate of drug-likeness (QED) is 0.788. The molecule has 0 aromatic heterocycles. The van der Waals surface area contributed by atoms with Crippen molar-refractivity contribution in [2.24, 2.45) is 0 Å². The SMILES string of the molecule is N#CC(O)CCS(=O)(=O)Cc1cccc(Oc2ccccc2)c1. The van der Waals surface area contributed by atoms with Crippen molar-refractivity contribution >= 4 is 9.84 Å². The van der Waals surface area contributed by atoms with E-state index in [4.69, 9.17) is 15.1 Å². The maximum Gasteiger partial charge on any atom is 0.154 e. The van der Waals surface area contributed by atoms with Crippen LogP contribution in [-0.4, -0.2) is 25.4 Å². The number of hydrogen-bond acceptors (Lipinski definition) is 5. The lowest BCUT2D eigenvalue weighted by Crippen LogP contribution is -2.15. The molecule has 0 saturated carbocycles. The highest BCUT2D eigenvalue weighted by Crippen LogP contribution is 2.22. The number of aliphatic hydroxyl groups excluding tert-OH is 1. The van der Waals surface area contributed by atoms with Crippen LogP contribution in [0, 0.1) is 11.3 Å². The van der Waals surface area contributed by atoms with Crippen LogP contribution in [0.25, 0.3) is 0 Å². The molecule has 5 nitrogen and oxygen atoms in total. The van der Waals surface area contributed by atoms with Crippen LogP contribution >= 0.6 is 0 Å². The molecule has 0 spiro atoms. The van der Waals surface area contributed by atoms with Gasteiger partial charge in [0.1, 0.15) is 17.6 Å². The Morgan fingerprint density at radius 1 is 1.09 bits per heavy atom. The highest BCUT2D eigenvalue weighted by atomic mass is 32.2. The highest BCUT2D eigenvalue weighted by Gasteiger charge is 2.15. The summed E-state index contributed by atoms with van der Waals surface area (Å²) in [6.45, 7) is 0. The minimum absolute atomic E-state index is 0.0843. The summed E-state index contributed by atoms with van der Waals surface area (Å²) < 4.78 is 29.7. The van der Waals surface area contributed by atoms with E-state index < -0.39 is 15.9 Å². The molecule has 2 aromatic rings. The van der Waals surface area contributed by atoms with Crippen molar-refractivity contribution in [1.29, 1.82) is 5.26 Å². The first-order valence-corrected chi connectivity index (χ1v) is 8.90. The molecular weight excluding hydrogens is 314 g/mol. The van der Waals surface area contributed by atoms with Crippen molar-refractivity contribution < 1.29 is 18.3 Å². The Kier molecular flexibility index (Phi) is 5.74. The molecular formula is C17H17NO4S. The van der Waals surface area contributed by atoms with Gasteiger partial charge in [-0.15, -0.1) is 0 Å². The molecule has 1 unspecified atom stereocenters. The summed E-state index contributed by atoms with van der Waals surface area (Å²) in [5.41, 5.74) is 0.602. The van der Waals surface area contributed by atoms with Gasteiger partial charge in [-0.1, -0.05) is 30.3 Å². The molecule has 0 amide bonds. The van der Waals surface area contributed by atoms with Crippen molar-refractivity contribution in [1.82, 2.24) is 0 Å². The molecule has 1 N–H and O–H groups in total. The number of rotatable bonds is 7. The number of benzene rings is 2. The number of ether oxygens (including phenoxy) is 1. The van der Waals surface area contributed by atoms with Crippen LogP contribution in [0.3, 0.4) is 0 Å². The molecule has 2 aromatic carbocycles. The van der Waals surface area contributed by atoms with E-state index in [-0.39, 0.29) is 17.9 Å². The molecule has 0 aliphatic carbocycles. The second-order valence-electron chi connectivity index (χ2n) is 5.09. The lowest BCUT2D eigenvalue weighted by atomic mass is 10.2. The van der Waals surface area contributed by atoms with Gasteiger partial charge in [-0.3, -0.25) is 0 Å². The predicted octanol–water partition coefficient (Wildman–Crippen LogP) is 2.67. The van der Waals surface area contributed by atoms with E-state index in [1.807, 2.05) is 30.3 Å². The molecule has 0 saturated heterocycles. The van der Waals surface area contributed by atoms with E-state index >= 15 is 0 Å². The Bertz CT molecular complexity index is 782. The van der Waals surface area contributed by atoms with Crippen molar-refractivity contribution in [3.8, 4) is 17.6 Å². The average molecular weight is 331 g/mol. The van der Waals surface area contributed by atoms with Gasteiger partial charge in [0.2, 0.25) is 0 Å². The van der Waals surface area contributed by atoms with Crippen LogP contribution in [0.15, 0.2) is 54.6 Å². The molecule has 6 heteroatoms. The summed E-state index contributed by atoms with van der Waals surface area (Å²) in [6.07, 6.45) is -1.34. The highest BCUT2D eigenvalue weighted by molar-refractivity contribution is 7.90. The molecule has 2 rings (SSSR count). The van der Waals surface area contributed by atoms with E-state index in [9.17, 15) is 8.42 Å². The Labute approximate surface area is 135 Å². The number of nitrogens with zero attached hydrogens (tertiary/aromatic N) is 1. The average Bonchev–Trinajstić information content (AvgIpc) is 2.53. The third-order valence-electron chi connectivity index (χ3n) is 3.12. The van der Waals surface area contributed by atoms with Gasteiger partial charge < -0.3 is 9.84 Å². The maximum atomic E-state index is 12.0. The lowest BCUT2D eigenvalue weighted by Gasteiger charge is -2.08. The molecule has 1 atom stereocenters. The molecule has 0 fully saturated rings. The first-order valence-electron chi connectivity index (χ1n) is 7.08. The third kappa shape index (κ3) is 5.74. The summed E-state index contributed by atoms with van der Waals surface area (Å²) in [4.78, 5) is 0. The minimum atomic E-state index is -3.40. The smallest absolute Gasteiger partial charge is 0.154 e. The summed E-state index contributed by atoms with van der Waals surface area (Å²) in [6, 6.07) is 17.7. The van der Waals surface area contributed by atoms with Crippen LogP contribution in [0.5, 0.6) is 11.5 Å². The third-order valence-corrected chi connectivity index (χ3v) is 4.75. The Morgan fingerprint density at radius 2 is 1.78 bits per heavy atom. The van der Waals surface area contributed by atoms with Gasteiger partial charge in [-0.25, -0.2) is 8.42 Å². The molecule has 0 heterocycles. The Hall–Kier alpha value is -2.36. The fourth-order valence-electron chi connectivity index (χ4n) is 2.01. The standard InChI is InChI=1S/C17H17NO4S/c18-12-15(19)9-10-23(20,21)13-14-5-4-8-17(11-14)22-16-6-2-1-3-7-16/h1-8,11,15,19H,9-10,13H2. The number of sulfone groups is 1. The second kappa shape index (κ2) is 7.77. The van der Waals surface area contributed by atoms with E-state index in [1.165, 1.54) is 0 Å². The topological polar surface area (TPSA) is 87.4 Å². The van der Waals surface area contributed by atoms with Gasteiger partial charge >= 0.3 is 0 Å². The molecule has 0 aliphatic heterocycles. The van der Waals surface area contributed by atoms with Gasteiger partial charge in [0.25, 0.3) is 0 Å². The molecule has 120 valence electrons. The van der Waals surface area contributed by atoms with Crippen molar-refractivity contribution in [2.45, 2.75) is 18.3 Å². The van der Waals surface area contributed by atoms with Gasteiger partial charge in [-0.05, 0) is 29.8 Å². The zero-order valence-electron chi connectivity index (χ0n) is 12.4. The number of nitriles is 1. The van der Waals surface area contributed by atoms with E-state index in [0.717, 1.165) is 0 Å². The van der Waals surface area contributed by atoms with E-state index in [0.29, 0.717) is 17.1 Å². The van der Waals surface area contributed by atoms with Gasteiger partial charge in [0.05, 0.1) is 17.6 Å². The summed E-state index contributed by atoms with van der Waals surface area (Å²) in [5, 5.41) is 17.6. The van der Waals surface area contributed by atoms with E-state index in [2.05, 4.69) is 0 Å². The van der Waals surface area contributed by atoms with E-state index in [1.54, 1.807) is 30.3 Å². The zero-order valence-corrected chi connectivity index (χ0v) is 13.2. The predicted molar refractivity (Wildman–Crippen MR) is 86.7 cm³/mol. The largest absolute Gasteiger partial charge is 0.457 e. The number of para-hydroxylation sites is 1. The molecule has 0 bridgehead atoms. The van der Waals surface area contributed by atoms with Crippen LogP contribution in [0.4, 0.5) is 0 Å². The number of aliphatic hydroxyl groups is 1. The summed E-state index contributed by atoms with van der Waals surface area (Å²) >= 11 is 0. The molecule has 0 aliphatic rings. The Balaban J connectivity index is 2.04. The summed E-state index contributed by atoms with van der Waals surface area (Å²) in [5.74, 6) is 0.841. The normalized spacial score (nSPS) is 12.3. The number of hydrogen-bond donors (Lipinski definition) is 1. The lowest BCUT2D eigenvalue weighted by molar-refractivity contribution is 0.226. The van der Waals surface area contributed by atoms with Crippen LogP contribution in [0.1, 0.15) is 12.0 Å². The fraction of sp³-hybridized carbons (Fsp3) is 0.235. The maximum absolute atomic E-state index is 12.0. The van der Waals surface area contributed by atoms with Crippen molar-refractivity contribution in [3.05, 3.63) is 60.2 Å². The van der Waals surface area contributed by atoms with Crippen LogP contribution in [0.2, 0.25) is 0 Å².